The number of halogens is 2. The molecule has 178 valence electrons. The Morgan fingerprint density at radius 2 is 1.60 bits per heavy atom. The minimum absolute atomic E-state index is 0.000454. The highest BCUT2D eigenvalue weighted by atomic mass is 35.5. The molecule has 35 heavy (non-hydrogen) atoms. The summed E-state index contributed by atoms with van der Waals surface area (Å²) in [7, 11) is 0. The Hall–Kier alpha value is -2.93. The van der Waals surface area contributed by atoms with E-state index in [9.17, 15) is 9.59 Å². The maximum atomic E-state index is 13.5. The molecule has 1 fully saturated rings. The summed E-state index contributed by atoms with van der Waals surface area (Å²) in [5.74, 6) is -0.243. The van der Waals surface area contributed by atoms with Gasteiger partial charge in [-0.3, -0.25) is 14.5 Å². The Balaban J connectivity index is 1.32. The van der Waals surface area contributed by atoms with Gasteiger partial charge in [-0.15, -0.1) is 0 Å². The first kappa shape index (κ1) is 23.8. The molecule has 5 rings (SSSR count). The first-order valence-electron chi connectivity index (χ1n) is 11.3. The molecule has 0 aliphatic carbocycles. The molecule has 0 spiro atoms. The number of hydrogen-bond donors (Lipinski definition) is 0. The zero-order valence-electron chi connectivity index (χ0n) is 18.9. The molecule has 0 N–H and O–H groups in total. The van der Waals surface area contributed by atoms with E-state index in [0.29, 0.717) is 41.1 Å². The van der Waals surface area contributed by atoms with Crippen molar-refractivity contribution in [2.45, 2.75) is 4.90 Å². The molecule has 2 aliphatic heterocycles. The summed E-state index contributed by atoms with van der Waals surface area (Å²) in [6.07, 6.45) is 1.83. The molecular weight excluding hydrogens is 501 g/mol. The van der Waals surface area contributed by atoms with Crippen LogP contribution in [-0.2, 0) is 9.59 Å². The van der Waals surface area contributed by atoms with Crippen molar-refractivity contribution in [1.82, 2.24) is 4.90 Å². The lowest BCUT2D eigenvalue weighted by atomic mass is 10.2. The van der Waals surface area contributed by atoms with Gasteiger partial charge in [0.1, 0.15) is 6.54 Å². The predicted octanol–water partition coefficient (Wildman–Crippen LogP) is 5.82. The van der Waals surface area contributed by atoms with E-state index in [1.54, 1.807) is 11.0 Å². The van der Waals surface area contributed by atoms with Crippen LogP contribution in [-0.4, -0.2) is 49.4 Å². The summed E-state index contributed by atoms with van der Waals surface area (Å²) >= 11 is 13.7. The SMILES string of the molecule is O=C(CN1C(=O)C(=Cc2cccc(Cl)c2)Sc2ccccc21)N1CCN(c2cccc(Cl)c2)CC1. The molecule has 0 aromatic heterocycles. The van der Waals surface area contributed by atoms with E-state index in [1.807, 2.05) is 77.7 Å². The van der Waals surface area contributed by atoms with Crippen LogP contribution in [0.5, 0.6) is 0 Å². The number of benzene rings is 3. The van der Waals surface area contributed by atoms with Gasteiger partial charge in [0.2, 0.25) is 5.91 Å². The summed E-state index contributed by atoms with van der Waals surface area (Å²) in [5, 5.41) is 1.31. The lowest BCUT2D eigenvalue weighted by Gasteiger charge is -2.37. The Bertz CT molecular complexity index is 1300. The summed E-state index contributed by atoms with van der Waals surface area (Å²) in [6, 6.07) is 22.8. The maximum Gasteiger partial charge on any atom is 0.265 e. The van der Waals surface area contributed by atoms with Crippen LogP contribution in [0.4, 0.5) is 11.4 Å². The third-order valence-electron chi connectivity index (χ3n) is 6.08. The highest BCUT2D eigenvalue weighted by Crippen LogP contribution is 2.42. The van der Waals surface area contributed by atoms with Crippen molar-refractivity contribution in [2.24, 2.45) is 0 Å². The number of thioether (sulfide) groups is 1. The van der Waals surface area contributed by atoms with Gasteiger partial charge in [0.15, 0.2) is 0 Å². The standard InChI is InChI=1S/C27H23Cl2N3O2S/c28-20-6-3-5-19(15-20)16-25-27(34)32(23-9-1-2-10-24(23)35-25)18-26(33)31-13-11-30(12-14-31)22-8-4-7-21(29)17-22/h1-10,15-17H,11-14,18H2. The van der Waals surface area contributed by atoms with Crippen LogP contribution in [0, 0.1) is 0 Å². The number of rotatable bonds is 4. The van der Waals surface area contributed by atoms with Gasteiger partial charge < -0.3 is 9.80 Å². The molecule has 8 heteroatoms. The number of fused-ring (bicyclic) bond motifs is 1. The largest absolute Gasteiger partial charge is 0.368 e. The van der Waals surface area contributed by atoms with Crippen molar-refractivity contribution in [3.8, 4) is 0 Å². The van der Waals surface area contributed by atoms with E-state index in [1.165, 1.54) is 11.8 Å². The molecule has 1 saturated heterocycles. The number of carbonyl (C=O) groups is 2. The van der Waals surface area contributed by atoms with Gasteiger partial charge in [0.05, 0.1) is 10.6 Å². The van der Waals surface area contributed by atoms with E-state index >= 15 is 0 Å². The van der Waals surface area contributed by atoms with Gasteiger partial charge in [0, 0.05) is 46.8 Å². The van der Waals surface area contributed by atoms with E-state index < -0.39 is 0 Å². The van der Waals surface area contributed by atoms with Crippen LogP contribution in [0.25, 0.3) is 6.08 Å². The topological polar surface area (TPSA) is 43.9 Å². The fourth-order valence-electron chi connectivity index (χ4n) is 4.29. The molecule has 3 aromatic rings. The van der Waals surface area contributed by atoms with E-state index in [0.717, 1.165) is 21.8 Å². The van der Waals surface area contributed by atoms with Gasteiger partial charge in [-0.2, -0.15) is 0 Å². The van der Waals surface area contributed by atoms with Crippen molar-refractivity contribution in [2.75, 3.05) is 42.5 Å². The number of nitrogens with zero attached hydrogens (tertiary/aromatic N) is 3. The Morgan fingerprint density at radius 3 is 2.34 bits per heavy atom. The monoisotopic (exact) mass is 523 g/mol. The molecule has 0 saturated carbocycles. The lowest BCUT2D eigenvalue weighted by Crippen LogP contribution is -2.52. The van der Waals surface area contributed by atoms with Crippen LogP contribution >= 0.6 is 35.0 Å². The smallest absolute Gasteiger partial charge is 0.265 e. The third kappa shape index (κ3) is 5.35. The molecule has 2 aliphatic rings. The average Bonchev–Trinajstić information content (AvgIpc) is 2.86. The molecule has 5 nitrogen and oxygen atoms in total. The van der Waals surface area contributed by atoms with E-state index in [2.05, 4.69) is 4.90 Å². The fourth-order valence-corrected chi connectivity index (χ4v) is 5.73. The highest BCUT2D eigenvalue weighted by Gasteiger charge is 2.32. The molecule has 0 unspecified atom stereocenters. The zero-order chi connectivity index (χ0) is 24.4. The van der Waals surface area contributed by atoms with Crippen molar-refractivity contribution in [1.29, 1.82) is 0 Å². The normalized spacial score (nSPS) is 17.0. The number of para-hydroxylation sites is 1. The highest BCUT2D eigenvalue weighted by molar-refractivity contribution is 8.04. The zero-order valence-corrected chi connectivity index (χ0v) is 21.2. The van der Waals surface area contributed by atoms with Crippen molar-refractivity contribution in [3.05, 3.63) is 93.3 Å². The minimum atomic E-state index is -0.181. The maximum absolute atomic E-state index is 13.5. The van der Waals surface area contributed by atoms with Crippen LogP contribution in [0.15, 0.2) is 82.6 Å². The Kier molecular flexibility index (Phi) is 7.04. The summed E-state index contributed by atoms with van der Waals surface area (Å²) in [4.78, 5) is 33.9. The minimum Gasteiger partial charge on any atom is -0.368 e. The first-order chi connectivity index (χ1) is 17.0. The summed E-state index contributed by atoms with van der Waals surface area (Å²) < 4.78 is 0. The second kappa shape index (κ2) is 10.4. The number of amides is 2. The number of anilines is 2. The van der Waals surface area contributed by atoms with Crippen LogP contribution < -0.4 is 9.80 Å². The molecule has 2 heterocycles. The molecular formula is C27H23Cl2N3O2S. The van der Waals surface area contributed by atoms with Gasteiger partial charge in [-0.1, -0.05) is 65.3 Å². The van der Waals surface area contributed by atoms with E-state index in [4.69, 9.17) is 23.2 Å². The van der Waals surface area contributed by atoms with Crippen molar-refractivity contribution < 1.29 is 9.59 Å². The van der Waals surface area contributed by atoms with Gasteiger partial charge in [-0.25, -0.2) is 0 Å². The average molecular weight is 524 g/mol. The van der Waals surface area contributed by atoms with Crippen LogP contribution in [0.1, 0.15) is 5.56 Å². The summed E-state index contributed by atoms with van der Waals surface area (Å²) in [5.41, 5.74) is 2.66. The van der Waals surface area contributed by atoms with Crippen LogP contribution in [0.2, 0.25) is 10.0 Å². The van der Waals surface area contributed by atoms with Crippen molar-refractivity contribution in [3.63, 3.8) is 0 Å². The molecule has 3 aromatic carbocycles. The Labute approximate surface area is 218 Å². The molecule has 0 atom stereocenters. The number of carbonyl (C=O) groups excluding carboxylic acids is 2. The second-order valence-electron chi connectivity index (χ2n) is 8.37. The summed E-state index contributed by atoms with van der Waals surface area (Å²) in [6.45, 7) is 2.61. The molecule has 2 amide bonds. The first-order valence-corrected chi connectivity index (χ1v) is 12.9. The molecule has 0 bridgehead atoms. The predicted molar refractivity (Wildman–Crippen MR) is 144 cm³/mol. The second-order valence-corrected chi connectivity index (χ2v) is 10.3. The fraction of sp³-hybridized carbons (Fsp3) is 0.185. The van der Waals surface area contributed by atoms with E-state index in [-0.39, 0.29) is 18.4 Å². The quantitative estimate of drug-likeness (QED) is 0.404. The number of piperazine rings is 1. The molecule has 0 radical (unpaired) electrons. The number of hydrogen-bond acceptors (Lipinski definition) is 4. The third-order valence-corrected chi connectivity index (χ3v) is 7.63. The van der Waals surface area contributed by atoms with Crippen molar-refractivity contribution >= 4 is 64.2 Å². The van der Waals surface area contributed by atoms with Gasteiger partial charge >= 0.3 is 0 Å². The van der Waals surface area contributed by atoms with Crippen LogP contribution in [0.3, 0.4) is 0 Å². The van der Waals surface area contributed by atoms with Gasteiger partial charge in [0.25, 0.3) is 5.91 Å². The Morgan fingerprint density at radius 1 is 0.886 bits per heavy atom. The lowest BCUT2D eigenvalue weighted by molar-refractivity contribution is -0.131. The van der Waals surface area contributed by atoms with Gasteiger partial charge in [-0.05, 0) is 54.1 Å².